The van der Waals surface area contributed by atoms with E-state index in [0.717, 1.165) is 37.6 Å². The Morgan fingerprint density at radius 1 is 0.828 bits per heavy atom. The molecular formula is C24H25N3O2. The standard InChI is InChI=1S/C24H25N3O2/c1-26-14-16-27(17-15-26)21-12-10-20(11-13-21)25-24(28)19-6-5-9-23(18-19)29-22-7-3-2-4-8-22/h2-13,18H,14-17H2,1H3,(H,25,28). The fourth-order valence-electron chi connectivity index (χ4n) is 3.35. The molecule has 0 spiro atoms. The second kappa shape index (κ2) is 8.80. The highest BCUT2D eigenvalue weighted by Crippen LogP contribution is 2.23. The van der Waals surface area contributed by atoms with Gasteiger partial charge in [-0.3, -0.25) is 4.79 Å². The molecule has 1 aliphatic heterocycles. The summed E-state index contributed by atoms with van der Waals surface area (Å²) >= 11 is 0. The van der Waals surface area contributed by atoms with Gasteiger partial charge in [0.05, 0.1) is 0 Å². The van der Waals surface area contributed by atoms with Gasteiger partial charge in [0.2, 0.25) is 0 Å². The third-order valence-electron chi connectivity index (χ3n) is 5.07. The summed E-state index contributed by atoms with van der Waals surface area (Å²) in [6.45, 7) is 4.19. The van der Waals surface area contributed by atoms with Crippen molar-refractivity contribution >= 4 is 17.3 Å². The van der Waals surface area contributed by atoms with Crippen molar-refractivity contribution in [1.82, 2.24) is 4.90 Å². The first-order valence-corrected chi connectivity index (χ1v) is 9.85. The van der Waals surface area contributed by atoms with Gasteiger partial charge in [-0.25, -0.2) is 0 Å². The zero-order valence-corrected chi connectivity index (χ0v) is 16.5. The Bertz CT molecular complexity index is 949. The number of likely N-dealkylation sites (N-methyl/N-ethyl adjacent to an activating group) is 1. The average molecular weight is 387 g/mol. The highest BCUT2D eigenvalue weighted by Gasteiger charge is 2.14. The quantitative estimate of drug-likeness (QED) is 0.701. The molecule has 148 valence electrons. The minimum Gasteiger partial charge on any atom is -0.457 e. The lowest BCUT2D eigenvalue weighted by atomic mass is 10.2. The van der Waals surface area contributed by atoms with Crippen molar-refractivity contribution in [3.05, 3.63) is 84.4 Å². The van der Waals surface area contributed by atoms with E-state index in [1.807, 2.05) is 54.6 Å². The molecule has 0 bridgehead atoms. The molecule has 5 nitrogen and oxygen atoms in total. The van der Waals surface area contributed by atoms with E-state index in [1.54, 1.807) is 12.1 Å². The van der Waals surface area contributed by atoms with Crippen molar-refractivity contribution in [3.63, 3.8) is 0 Å². The molecule has 1 amide bonds. The smallest absolute Gasteiger partial charge is 0.255 e. The van der Waals surface area contributed by atoms with Crippen molar-refractivity contribution < 1.29 is 9.53 Å². The van der Waals surface area contributed by atoms with Gasteiger partial charge in [0.15, 0.2) is 0 Å². The van der Waals surface area contributed by atoms with Crippen LogP contribution < -0.4 is 15.0 Å². The molecule has 1 heterocycles. The normalized spacial score (nSPS) is 14.4. The van der Waals surface area contributed by atoms with E-state index in [1.165, 1.54) is 5.69 Å². The molecule has 3 aromatic carbocycles. The Balaban J connectivity index is 1.39. The Morgan fingerprint density at radius 3 is 2.24 bits per heavy atom. The van der Waals surface area contributed by atoms with Gasteiger partial charge in [0.25, 0.3) is 5.91 Å². The van der Waals surface area contributed by atoms with Crippen LogP contribution in [0.1, 0.15) is 10.4 Å². The van der Waals surface area contributed by atoms with Gasteiger partial charge in [-0.2, -0.15) is 0 Å². The Morgan fingerprint density at radius 2 is 1.52 bits per heavy atom. The molecular weight excluding hydrogens is 362 g/mol. The number of benzene rings is 3. The largest absolute Gasteiger partial charge is 0.457 e. The van der Waals surface area contributed by atoms with Crippen LogP contribution >= 0.6 is 0 Å². The number of hydrogen-bond donors (Lipinski definition) is 1. The SMILES string of the molecule is CN1CCN(c2ccc(NC(=O)c3cccc(Oc4ccccc4)c3)cc2)CC1. The zero-order valence-electron chi connectivity index (χ0n) is 16.5. The number of ether oxygens (including phenoxy) is 1. The van der Waals surface area contributed by atoms with E-state index < -0.39 is 0 Å². The van der Waals surface area contributed by atoms with Crippen LogP contribution in [0.15, 0.2) is 78.9 Å². The number of nitrogens with one attached hydrogen (secondary N) is 1. The first kappa shape index (κ1) is 19.0. The maximum Gasteiger partial charge on any atom is 0.255 e. The molecule has 0 unspecified atom stereocenters. The van der Waals surface area contributed by atoms with Crippen molar-refractivity contribution in [2.24, 2.45) is 0 Å². The van der Waals surface area contributed by atoms with Crippen LogP contribution in [0.2, 0.25) is 0 Å². The third kappa shape index (κ3) is 4.95. The van der Waals surface area contributed by atoms with Crippen LogP contribution in [0, 0.1) is 0 Å². The summed E-state index contributed by atoms with van der Waals surface area (Å²) < 4.78 is 5.82. The van der Waals surface area contributed by atoms with Gasteiger partial charge < -0.3 is 19.9 Å². The Labute approximate surface area is 171 Å². The summed E-state index contributed by atoms with van der Waals surface area (Å²) in [7, 11) is 2.15. The summed E-state index contributed by atoms with van der Waals surface area (Å²) in [6.07, 6.45) is 0. The summed E-state index contributed by atoms with van der Waals surface area (Å²) in [5, 5.41) is 2.97. The van der Waals surface area contributed by atoms with Crippen LogP contribution in [0.25, 0.3) is 0 Å². The van der Waals surface area contributed by atoms with Crippen molar-refractivity contribution in [3.8, 4) is 11.5 Å². The first-order chi connectivity index (χ1) is 14.2. The summed E-state index contributed by atoms with van der Waals surface area (Å²) in [5.41, 5.74) is 2.53. The fourth-order valence-corrected chi connectivity index (χ4v) is 3.35. The van der Waals surface area contributed by atoms with E-state index >= 15 is 0 Å². The maximum atomic E-state index is 12.7. The molecule has 1 saturated heterocycles. The molecule has 1 aliphatic rings. The zero-order chi connectivity index (χ0) is 20.1. The molecule has 0 aliphatic carbocycles. The van der Waals surface area contributed by atoms with Crippen molar-refractivity contribution in [2.45, 2.75) is 0 Å². The number of carbonyl (C=O) groups is 1. The van der Waals surface area contributed by atoms with Gasteiger partial charge in [-0.15, -0.1) is 0 Å². The van der Waals surface area contributed by atoms with Gasteiger partial charge in [0.1, 0.15) is 11.5 Å². The number of nitrogens with zero attached hydrogens (tertiary/aromatic N) is 2. The number of piperazine rings is 1. The lowest BCUT2D eigenvalue weighted by Crippen LogP contribution is -2.44. The van der Waals surface area contributed by atoms with Gasteiger partial charge in [0, 0.05) is 43.1 Å². The van der Waals surface area contributed by atoms with E-state index in [-0.39, 0.29) is 5.91 Å². The average Bonchev–Trinajstić information content (AvgIpc) is 2.76. The lowest BCUT2D eigenvalue weighted by molar-refractivity contribution is 0.102. The van der Waals surface area contributed by atoms with Crippen LogP contribution in [0.3, 0.4) is 0 Å². The number of hydrogen-bond acceptors (Lipinski definition) is 4. The van der Waals surface area contributed by atoms with Gasteiger partial charge in [-0.1, -0.05) is 24.3 Å². The molecule has 0 saturated carbocycles. The minimum absolute atomic E-state index is 0.157. The number of anilines is 2. The summed E-state index contributed by atoms with van der Waals surface area (Å²) in [4.78, 5) is 17.4. The van der Waals surface area contributed by atoms with Crippen molar-refractivity contribution in [1.29, 1.82) is 0 Å². The number of rotatable bonds is 5. The second-order valence-electron chi connectivity index (χ2n) is 7.23. The van der Waals surface area contributed by atoms with E-state index in [9.17, 15) is 4.79 Å². The predicted octanol–water partition coefficient (Wildman–Crippen LogP) is 4.48. The molecule has 29 heavy (non-hydrogen) atoms. The Hall–Kier alpha value is -3.31. The minimum atomic E-state index is -0.157. The molecule has 0 atom stereocenters. The van der Waals surface area contributed by atoms with Crippen LogP contribution in [-0.4, -0.2) is 44.0 Å². The molecule has 0 radical (unpaired) electrons. The number of carbonyl (C=O) groups excluding carboxylic acids is 1. The first-order valence-electron chi connectivity index (χ1n) is 9.85. The van der Waals surface area contributed by atoms with Gasteiger partial charge in [-0.05, 0) is 61.6 Å². The topological polar surface area (TPSA) is 44.8 Å². The summed E-state index contributed by atoms with van der Waals surface area (Å²) in [6, 6.07) is 24.8. The fraction of sp³-hybridized carbons (Fsp3) is 0.208. The predicted molar refractivity (Wildman–Crippen MR) is 117 cm³/mol. The maximum absolute atomic E-state index is 12.7. The molecule has 4 rings (SSSR count). The molecule has 3 aromatic rings. The van der Waals surface area contributed by atoms with Crippen LogP contribution in [0.4, 0.5) is 11.4 Å². The molecule has 0 aromatic heterocycles. The summed E-state index contributed by atoms with van der Waals surface area (Å²) in [5.74, 6) is 1.22. The highest BCUT2D eigenvalue weighted by molar-refractivity contribution is 6.04. The monoisotopic (exact) mass is 387 g/mol. The Kier molecular flexibility index (Phi) is 5.77. The van der Waals surface area contributed by atoms with Crippen molar-refractivity contribution in [2.75, 3.05) is 43.4 Å². The van der Waals surface area contributed by atoms with Crippen LogP contribution in [-0.2, 0) is 0 Å². The molecule has 1 N–H and O–H groups in total. The second-order valence-corrected chi connectivity index (χ2v) is 7.23. The van der Waals surface area contributed by atoms with E-state index in [0.29, 0.717) is 11.3 Å². The van der Waals surface area contributed by atoms with Gasteiger partial charge >= 0.3 is 0 Å². The van der Waals surface area contributed by atoms with Crippen LogP contribution in [0.5, 0.6) is 11.5 Å². The van der Waals surface area contributed by atoms with E-state index in [2.05, 4.69) is 34.3 Å². The molecule has 5 heteroatoms. The number of amides is 1. The van der Waals surface area contributed by atoms with E-state index in [4.69, 9.17) is 4.74 Å². The molecule has 1 fully saturated rings. The highest BCUT2D eigenvalue weighted by atomic mass is 16.5. The lowest BCUT2D eigenvalue weighted by Gasteiger charge is -2.34. The number of para-hydroxylation sites is 1. The third-order valence-corrected chi connectivity index (χ3v) is 5.07.